The lowest BCUT2D eigenvalue weighted by atomic mass is 9.83. The number of rotatable bonds is 6. The lowest BCUT2D eigenvalue weighted by Crippen LogP contribution is -2.52. The van der Waals surface area contributed by atoms with Gasteiger partial charge in [0.1, 0.15) is 11.8 Å². The predicted molar refractivity (Wildman–Crippen MR) is 131 cm³/mol. The summed E-state index contributed by atoms with van der Waals surface area (Å²) >= 11 is 0. The number of ether oxygens (including phenoxy) is 1. The minimum atomic E-state index is -0.638. The van der Waals surface area contributed by atoms with Gasteiger partial charge in [-0.1, -0.05) is 24.3 Å². The molecule has 4 N–H and O–H groups in total. The molecule has 9 heteroatoms. The molecule has 2 aromatic rings. The number of carbonyl (C=O) groups excluding carboxylic acids is 4. The summed E-state index contributed by atoms with van der Waals surface area (Å²) in [4.78, 5) is 50.6. The van der Waals surface area contributed by atoms with Gasteiger partial charge in [0, 0.05) is 24.6 Å². The number of piperidine rings is 2. The van der Waals surface area contributed by atoms with Crippen LogP contribution in [0, 0.1) is 5.92 Å². The van der Waals surface area contributed by atoms with Crippen LogP contribution in [0.15, 0.2) is 42.5 Å². The third-order valence-corrected chi connectivity index (χ3v) is 7.57. The molecular weight excluding hydrogens is 460 g/mol. The van der Waals surface area contributed by atoms with Crippen molar-refractivity contribution in [3.05, 3.63) is 64.7 Å². The summed E-state index contributed by atoms with van der Waals surface area (Å²) in [5.74, 6) is -0.699. The van der Waals surface area contributed by atoms with E-state index < -0.39 is 17.9 Å². The Labute approximate surface area is 209 Å². The van der Waals surface area contributed by atoms with Crippen LogP contribution < -0.4 is 21.1 Å². The van der Waals surface area contributed by atoms with Crippen molar-refractivity contribution in [2.75, 3.05) is 6.54 Å². The molecule has 36 heavy (non-hydrogen) atoms. The van der Waals surface area contributed by atoms with Gasteiger partial charge in [-0.3, -0.25) is 24.5 Å². The second-order valence-electron chi connectivity index (χ2n) is 9.75. The van der Waals surface area contributed by atoms with Crippen LogP contribution in [0.5, 0.6) is 5.75 Å². The fourth-order valence-electron chi connectivity index (χ4n) is 5.62. The summed E-state index contributed by atoms with van der Waals surface area (Å²) in [5, 5.41) is 5.94. The standard InChI is InChI=1S/C27H30N4O5/c1-15(36-23-8-3-2-5-19(23)25(28)33)16-11-12-29-21(13-16)17-6-4-7-18-20(17)14-31(27(18)35)22-9-10-24(32)30-26(22)34/h2-8,15-16,21-22,29H,9-14H2,1H3,(H2,28,33)(H,30,32,34)/t15?,16?,21?,22-/m1/s1. The maximum absolute atomic E-state index is 13.2. The van der Waals surface area contributed by atoms with E-state index in [9.17, 15) is 19.2 Å². The van der Waals surface area contributed by atoms with Gasteiger partial charge < -0.3 is 20.7 Å². The summed E-state index contributed by atoms with van der Waals surface area (Å²) in [6, 6.07) is 12.1. The van der Waals surface area contributed by atoms with Gasteiger partial charge in [0.15, 0.2) is 0 Å². The Morgan fingerprint density at radius 2 is 1.92 bits per heavy atom. The molecule has 0 aliphatic carbocycles. The number of benzene rings is 2. The van der Waals surface area contributed by atoms with Crippen LogP contribution in [-0.2, 0) is 16.1 Å². The van der Waals surface area contributed by atoms with Crippen LogP contribution in [0.3, 0.4) is 0 Å². The van der Waals surface area contributed by atoms with E-state index in [4.69, 9.17) is 10.5 Å². The SMILES string of the molecule is CC(Oc1ccccc1C(N)=O)C1CCNC(c2cccc3c2CN([C@@H]2CCC(=O)NC2=O)C3=O)C1. The van der Waals surface area contributed by atoms with E-state index in [0.717, 1.165) is 30.5 Å². The highest BCUT2D eigenvalue weighted by atomic mass is 16.5. The molecule has 5 rings (SSSR count). The quantitative estimate of drug-likeness (QED) is 0.532. The molecule has 2 saturated heterocycles. The Bertz CT molecular complexity index is 1230. The summed E-state index contributed by atoms with van der Waals surface area (Å²) in [6.45, 7) is 3.14. The van der Waals surface area contributed by atoms with Crippen molar-refractivity contribution < 1.29 is 23.9 Å². The summed E-state index contributed by atoms with van der Waals surface area (Å²) in [5.41, 5.74) is 8.46. The number of fused-ring (bicyclic) bond motifs is 1. The third-order valence-electron chi connectivity index (χ3n) is 7.57. The van der Waals surface area contributed by atoms with Crippen LogP contribution in [0.25, 0.3) is 0 Å². The highest BCUT2D eigenvalue weighted by Gasteiger charge is 2.41. The second-order valence-corrected chi connectivity index (χ2v) is 9.75. The Hall–Kier alpha value is -3.72. The van der Waals surface area contributed by atoms with Gasteiger partial charge in [-0.05, 0) is 68.0 Å². The molecule has 0 radical (unpaired) electrons. The lowest BCUT2D eigenvalue weighted by molar-refractivity contribution is -0.136. The van der Waals surface area contributed by atoms with Crippen molar-refractivity contribution in [1.82, 2.24) is 15.5 Å². The number of nitrogens with two attached hydrogens (primary N) is 1. The Morgan fingerprint density at radius 3 is 2.69 bits per heavy atom. The molecule has 4 amide bonds. The van der Waals surface area contributed by atoms with Crippen molar-refractivity contribution in [1.29, 1.82) is 0 Å². The van der Waals surface area contributed by atoms with E-state index in [1.165, 1.54) is 0 Å². The first kappa shape index (κ1) is 24.0. The van der Waals surface area contributed by atoms with E-state index >= 15 is 0 Å². The van der Waals surface area contributed by atoms with Gasteiger partial charge in [-0.2, -0.15) is 0 Å². The number of imide groups is 1. The lowest BCUT2D eigenvalue weighted by Gasteiger charge is -2.35. The van der Waals surface area contributed by atoms with Crippen LogP contribution in [0.1, 0.15) is 70.5 Å². The number of hydrogen-bond donors (Lipinski definition) is 3. The van der Waals surface area contributed by atoms with Crippen LogP contribution in [0.4, 0.5) is 0 Å². The fraction of sp³-hybridized carbons (Fsp3) is 0.407. The molecule has 3 unspecified atom stereocenters. The van der Waals surface area contributed by atoms with Crippen LogP contribution >= 0.6 is 0 Å². The van der Waals surface area contributed by atoms with Gasteiger partial charge in [0.2, 0.25) is 11.8 Å². The van der Waals surface area contributed by atoms with Crippen LogP contribution in [-0.4, -0.2) is 47.2 Å². The average Bonchev–Trinajstić information content (AvgIpc) is 3.20. The predicted octanol–water partition coefficient (Wildman–Crippen LogP) is 2.05. The molecule has 3 heterocycles. The highest BCUT2D eigenvalue weighted by Crippen LogP contribution is 2.37. The van der Waals surface area contributed by atoms with Gasteiger partial charge in [0.05, 0.1) is 11.7 Å². The maximum atomic E-state index is 13.2. The van der Waals surface area contributed by atoms with Crippen molar-refractivity contribution >= 4 is 23.6 Å². The number of nitrogens with zero attached hydrogens (tertiary/aromatic N) is 1. The van der Waals surface area contributed by atoms with E-state index in [0.29, 0.717) is 29.8 Å². The molecule has 0 bridgehead atoms. The number of amides is 4. The molecular formula is C27H30N4O5. The number of para-hydroxylation sites is 1. The monoisotopic (exact) mass is 490 g/mol. The van der Waals surface area contributed by atoms with E-state index in [2.05, 4.69) is 10.6 Å². The average molecular weight is 491 g/mol. The van der Waals surface area contributed by atoms with E-state index in [1.807, 2.05) is 25.1 Å². The summed E-state index contributed by atoms with van der Waals surface area (Å²) in [6.07, 6.45) is 2.13. The molecule has 188 valence electrons. The maximum Gasteiger partial charge on any atom is 0.255 e. The molecule has 0 saturated carbocycles. The highest BCUT2D eigenvalue weighted by molar-refractivity contribution is 6.05. The zero-order chi connectivity index (χ0) is 25.4. The van der Waals surface area contributed by atoms with Crippen molar-refractivity contribution in [2.24, 2.45) is 11.7 Å². The Kier molecular flexibility index (Phi) is 6.49. The Morgan fingerprint density at radius 1 is 1.11 bits per heavy atom. The number of carbonyl (C=O) groups is 4. The van der Waals surface area contributed by atoms with Gasteiger partial charge in [-0.15, -0.1) is 0 Å². The van der Waals surface area contributed by atoms with Crippen molar-refractivity contribution in [3.63, 3.8) is 0 Å². The third kappa shape index (κ3) is 4.46. The fourth-order valence-corrected chi connectivity index (χ4v) is 5.62. The first-order chi connectivity index (χ1) is 17.3. The zero-order valence-electron chi connectivity index (χ0n) is 20.2. The summed E-state index contributed by atoms with van der Waals surface area (Å²) < 4.78 is 6.19. The topological polar surface area (TPSA) is 131 Å². The number of hydrogen-bond acceptors (Lipinski definition) is 6. The van der Waals surface area contributed by atoms with Gasteiger partial charge >= 0.3 is 0 Å². The van der Waals surface area contributed by atoms with E-state index in [1.54, 1.807) is 29.2 Å². The van der Waals surface area contributed by atoms with E-state index in [-0.39, 0.29) is 36.3 Å². The molecule has 3 aliphatic rings. The van der Waals surface area contributed by atoms with Crippen LogP contribution in [0.2, 0.25) is 0 Å². The number of nitrogens with one attached hydrogen (secondary N) is 2. The molecule has 2 fully saturated rings. The van der Waals surface area contributed by atoms with Gasteiger partial charge in [0.25, 0.3) is 11.8 Å². The summed E-state index contributed by atoms with van der Waals surface area (Å²) in [7, 11) is 0. The smallest absolute Gasteiger partial charge is 0.255 e. The first-order valence-corrected chi connectivity index (χ1v) is 12.4. The van der Waals surface area contributed by atoms with Gasteiger partial charge in [-0.25, -0.2) is 0 Å². The minimum Gasteiger partial charge on any atom is -0.490 e. The Balaban J connectivity index is 1.33. The minimum absolute atomic E-state index is 0.0191. The van der Waals surface area contributed by atoms with Crippen molar-refractivity contribution in [3.8, 4) is 5.75 Å². The first-order valence-electron chi connectivity index (χ1n) is 12.4. The molecule has 0 spiro atoms. The molecule has 3 aliphatic heterocycles. The van der Waals surface area contributed by atoms with Crippen molar-refractivity contribution in [2.45, 2.75) is 57.3 Å². The molecule has 4 atom stereocenters. The largest absolute Gasteiger partial charge is 0.490 e. The zero-order valence-corrected chi connectivity index (χ0v) is 20.2. The molecule has 0 aromatic heterocycles. The molecule has 9 nitrogen and oxygen atoms in total. The second kappa shape index (κ2) is 9.73. The normalized spacial score (nSPS) is 24.8. The number of primary amides is 1. The molecule has 2 aromatic carbocycles.